The van der Waals surface area contributed by atoms with Crippen molar-refractivity contribution < 1.29 is 19.0 Å². The Kier molecular flexibility index (Phi) is 5.98. The molecule has 0 aromatic heterocycles. The lowest BCUT2D eigenvalue weighted by atomic mass is 9.96. The van der Waals surface area contributed by atoms with Gasteiger partial charge in [0.25, 0.3) is 0 Å². The molecule has 0 fully saturated rings. The zero-order valence-electron chi connectivity index (χ0n) is 16.2. The molecule has 0 atom stereocenters. The van der Waals surface area contributed by atoms with E-state index in [1.807, 2.05) is 48.5 Å². The summed E-state index contributed by atoms with van der Waals surface area (Å²) >= 11 is 12.4. The van der Waals surface area contributed by atoms with Gasteiger partial charge in [-0.15, -0.1) is 0 Å². The lowest BCUT2D eigenvalue weighted by Crippen LogP contribution is -2.03. The van der Waals surface area contributed by atoms with Crippen LogP contribution in [0.1, 0.15) is 16.7 Å². The van der Waals surface area contributed by atoms with Crippen molar-refractivity contribution in [2.45, 2.75) is 6.61 Å². The average Bonchev–Trinajstić information content (AvgIpc) is 3.13. The molecule has 1 aliphatic heterocycles. The second-order valence-electron chi connectivity index (χ2n) is 6.69. The van der Waals surface area contributed by atoms with E-state index in [0.717, 1.165) is 11.3 Å². The van der Waals surface area contributed by atoms with Gasteiger partial charge in [-0.3, -0.25) is 0 Å². The summed E-state index contributed by atoms with van der Waals surface area (Å²) in [7, 11) is 1.63. The van der Waals surface area contributed by atoms with Crippen LogP contribution in [-0.4, -0.2) is 19.7 Å². The first kappa shape index (κ1) is 20.3. The summed E-state index contributed by atoms with van der Waals surface area (Å²) < 4.78 is 16.6. The molecule has 1 heterocycles. The number of para-hydroxylation sites is 1. The zero-order chi connectivity index (χ0) is 21.1. The Morgan fingerprint density at radius 2 is 1.73 bits per heavy atom. The highest BCUT2D eigenvalue weighted by atomic mass is 35.5. The summed E-state index contributed by atoms with van der Waals surface area (Å²) in [5, 5.41) is 0.990. The largest absolute Gasteiger partial charge is 0.497 e. The predicted molar refractivity (Wildman–Crippen MR) is 118 cm³/mol. The van der Waals surface area contributed by atoms with E-state index in [4.69, 9.17) is 37.4 Å². The van der Waals surface area contributed by atoms with Crippen molar-refractivity contribution >= 4 is 40.3 Å². The van der Waals surface area contributed by atoms with Gasteiger partial charge < -0.3 is 14.2 Å². The minimum Gasteiger partial charge on any atom is -0.497 e. The topological polar surface area (TPSA) is 44.8 Å². The molecule has 0 aliphatic carbocycles. The second-order valence-corrected chi connectivity index (χ2v) is 7.53. The molecule has 3 aromatic carbocycles. The first-order chi connectivity index (χ1) is 14.6. The molecular weight excluding hydrogens is 423 g/mol. The quantitative estimate of drug-likeness (QED) is 0.437. The van der Waals surface area contributed by atoms with Crippen LogP contribution in [0.3, 0.4) is 0 Å². The van der Waals surface area contributed by atoms with Crippen LogP contribution in [0.2, 0.25) is 10.0 Å². The van der Waals surface area contributed by atoms with Crippen LogP contribution in [0.5, 0.6) is 11.5 Å². The van der Waals surface area contributed by atoms with Crippen LogP contribution in [0.4, 0.5) is 0 Å². The first-order valence-electron chi connectivity index (χ1n) is 9.27. The van der Waals surface area contributed by atoms with Gasteiger partial charge in [-0.2, -0.15) is 0 Å². The van der Waals surface area contributed by atoms with Crippen molar-refractivity contribution in [2.24, 2.45) is 0 Å². The maximum absolute atomic E-state index is 12.6. The van der Waals surface area contributed by atoms with E-state index < -0.39 is 5.97 Å². The number of halogens is 2. The molecule has 0 bridgehead atoms. The van der Waals surface area contributed by atoms with Crippen LogP contribution in [0, 0.1) is 0 Å². The van der Waals surface area contributed by atoms with Crippen molar-refractivity contribution in [3.8, 4) is 11.5 Å². The Morgan fingerprint density at radius 1 is 0.967 bits per heavy atom. The molecule has 0 amide bonds. The molecule has 0 spiro atoms. The number of methoxy groups -OCH3 is 1. The third-order valence-corrected chi connectivity index (χ3v) is 5.37. The maximum atomic E-state index is 12.6. The molecule has 0 saturated heterocycles. The van der Waals surface area contributed by atoms with Crippen LogP contribution in [0.25, 0.3) is 11.1 Å². The summed E-state index contributed by atoms with van der Waals surface area (Å²) in [5.74, 6) is 0.962. The average molecular weight is 441 g/mol. The van der Waals surface area contributed by atoms with Crippen LogP contribution in [-0.2, 0) is 16.1 Å². The molecule has 6 heteroatoms. The fourth-order valence-electron chi connectivity index (χ4n) is 3.31. The first-order valence-corrected chi connectivity index (χ1v) is 10.0. The van der Waals surface area contributed by atoms with Crippen molar-refractivity contribution in [1.29, 1.82) is 0 Å². The van der Waals surface area contributed by atoms with Crippen LogP contribution < -0.4 is 9.47 Å². The minimum atomic E-state index is -0.406. The molecule has 4 nitrogen and oxygen atoms in total. The molecule has 1 aliphatic rings. The van der Waals surface area contributed by atoms with Gasteiger partial charge in [0.1, 0.15) is 24.7 Å². The van der Waals surface area contributed by atoms with Crippen molar-refractivity contribution in [2.75, 3.05) is 13.7 Å². The van der Waals surface area contributed by atoms with E-state index in [9.17, 15) is 4.79 Å². The summed E-state index contributed by atoms with van der Waals surface area (Å²) in [4.78, 5) is 12.6. The summed E-state index contributed by atoms with van der Waals surface area (Å²) in [6.45, 7) is 0.489. The number of hydrogen-bond acceptors (Lipinski definition) is 4. The standard InChI is InChI=1S/C24H18Cl2O4/c1-28-17-9-6-15(7-10-17)13-29-22-5-3-2-4-19(22)23-20(14-30-24(23)27)18-11-8-16(25)12-21(18)26/h2-12H,13-14H2,1H3. The lowest BCUT2D eigenvalue weighted by molar-refractivity contribution is -0.133. The van der Waals surface area contributed by atoms with E-state index >= 15 is 0 Å². The Hall–Kier alpha value is -2.95. The molecule has 0 unspecified atom stereocenters. The van der Waals surface area contributed by atoms with Crippen molar-refractivity contribution in [3.05, 3.63) is 93.5 Å². The number of benzene rings is 3. The monoisotopic (exact) mass is 440 g/mol. The number of carbonyl (C=O) groups excluding carboxylic acids is 1. The number of carbonyl (C=O) groups is 1. The van der Waals surface area contributed by atoms with E-state index in [1.165, 1.54) is 0 Å². The Bertz CT molecular complexity index is 1120. The molecule has 4 rings (SSSR count). The van der Waals surface area contributed by atoms with Crippen LogP contribution in [0.15, 0.2) is 66.7 Å². The highest BCUT2D eigenvalue weighted by molar-refractivity contribution is 6.37. The highest BCUT2D eigenvalue weighted by Gasteiger charge is 2.30. The number of hydrogen-bond donors (Lipinski definition) is 0. The van der Waals surface area contributed by atoms with Gasteiger partial charge in [-0.25, -0.2) is 4.79 Å². The lowest BCUT2D eigenvalue weighted by Gasteiger charge is -2.13. The van der Waals surface area contributed by atoms with Crippen molar-refractivity contribution in [1.82, 2.24) is 0 Å². The summed E-state index contributed by atoms with van der Waals surface area (Å²) in [6.07, 6.45) is 0. The number of cyclic esters (lactones) is 1. The van der Waals surface area contributed by atoms with E-state index in [-0.39, 0.29) is 6.61 Å². The maximum Gasteiger partial charge on any atom is 0.339 e. The fourth-order valence-corrected chi connectivity index (χ4v) is 3.83. The van der Waals surface area contributed by atoms with Gasteiger partial charge in [0.2, 0.25) is 0 Å². The second kappa shape index (κ2) is 8.82. The Morgan fingerprint density at radius 3 is 2.47 bits per heavy atom. The normalized spacial score (nSPS) is 13.4. The molecule has 0 saturated carbocycles. The third-order valence-electron chi connectivity index (χ3n) is 4.82. The molecule has 30 heavy (non-hydrogen) atoms. The van der Waals surface area contributed by atoms with Gasteiger partial charge in [0.05, 0.1) is 12.7 Å². The molecule has 0 radical (unpaired) electrons. The highest BCUT2D eigenvalue weighted by Crippen LogP contribution is 2.40. The molecule has 0 N–H and O–H groups in total. The van der Waals surface area contributed by atoms with Crippen molar-refractivity contribution in [3.63, 3.8) is 0 Å². The Labute approximate surface area is 184 Å². The fraction of sp³-hybridized carbons (Fsp3) is 0.125. The molecular formula is C24H18Cl2O4. The van der Waals surface area contributed by atoms with Gasteiger partial charge in [0.15, 0.2) is 0 Å². The van der Waals surface area contributed by atoms with E-state index in [0.29, 0.717) is 44.7 Å². The van der Waals surface area contributed by atoms with Gasteiger partial charge in [0, 0.05) is 26.7 Å². The minimum absolute atomic E-state index is 0.141. The number of esters is 1. The third kappa shape index (κ3) is 4.16. The van der Waals surface area contributed by atoms with E-state index in [2.05, 4.69) is 0 Å². The van der Waals surface area contributed by atoms with Crippen LogP contribution >= 0.6 is 23.2 Å². The Balaban J connectivity index is 1.69. The van der Waals surface area contributed by atoms with Gasteiger partial charge in [-0.05, 0) is 35.9 Å². The molecule has 152 valence electrons. The number of ether oxygens (including phenoxy) is 3. The zero-order valence-corrected chi connectivity index (χ0v) is 17.7. The van der Waals surface area contributed by atoms with Gasteiger partial charge in [-0.1, -0.05) is 59.6 Å². The summed E-state index contributed by atoms with van der Waals surface area (Å²) in [5.41, 5.74) is 3.52. The molecule has 3 aromatic rings. The smallest absolute Gasteiger partial charge is 0.339 e. The predicted octanol–water partition coefficient (Wildman–Crippen LogP) is 6.05. The van der Waals surface area contributed by atoms with Gasteiger partial charge >= 0.3 is 5.97 Å². The SMILES string of the molecule is COc1ccc(COc2ccccc2C2=C(c3ccc(Cl)cc3Cl)COC2=O)cc1. The number of rotatable bonds is 6. The summed E-state index contributed by atoms with van der Waals surface area (Å²) in [6, 6.07) is 20.2. The van der Waals surface area contributed by atoms with E-state index in [1.54, 1.807) is 25.3 Å².